The van der Waals surface area contributed by atoms with Gasteiger partial charge in [-0.25, -0.2) is 5.84 Å². The lowest BCUT2D eigenvalue weighted by molar-refractivity contribution is -0.120. The zero-order chi connectivity index (χ0) is 15.2. The zero-order valence-corrected chi connectivity index (χ0v) is 12.7. The summed E-state index contributed by atoms with van der Waals surface area (Å²) in [7, 11) is 0. The standard InChI is InChI=1S/C16H24N2O3/c1-11-7-15(8-12(2)21-11)20-10-14-6-4-3-5-13(14)9-16(19)18-17/h3-6,11-12,15H,7-10,17H2,1-2H3,(H,18,19). The first-order chi connectivity index (χ1) is 10.1. The molecule has 0 radical (unpaired) electrons. The van der Waals surface area contributed by atoms with Crippen LogP contribution in [0.15, 0.2) is 24.3 Å². The van der Waals surface area contributed by atoms with Gasteiger partial charge in [0.05, 0.1) is 31.3 Å². The van der Waals surface area contributed by atoms with Crippen LogP contribution in [0.2, 0.25) is 0 Å². The molecule has 21 heavy (non-hydrogen) atoms. The first-order valence-electron chi connectivity index (χ1n) is 7.41. The summed E-state index contributed by atoms with van der Waals surface area (Å²) in [5.74, 6) is 4.95. The zero-order valence-electron chi connectivity index (χ0n) is 12.7. The number of nitrogens with one attached hydrogen (secondary N) is 1. The van der Waals surface area contributed by atoms with E-state index in [4.69, 9.17) is 15.3 Å². The van der Waals surface area contributed by atoms with Crippen molar-refractivity contribution >= 4 is 5.91 Å². The van der Waals surface area contributed by atoms with Gasteiger partial charge in [0, 0.05) is 0 Å². The molecule has 2 rings (SSSR count). The summed E-state index contributed by atoms with van der Waals surface area (Å²) in [6.45, 7) is 4.66. The second-order valence-corrected chi connectivity index (χ2v) is 5.67. The molecule has 3 N–H and O–H groups in total. The van der Waals surface area contributed by atoms with Gasteiger partial charge in [-0.05, 0) is 37.8 Å². The van der Waals surface area contributed by atoms with Crippen LogP contribution in [0.5, 0.6) is 0 Å². The van der Waals surface area contributed by atoms with E-state index in [1.165, 1.54) is 0 Å². The molecule has 1 aliphatic heterocycles. The van der Waals surface area contributed by atoms with Gasteiger partial charge in [0.2, 0.25) is 5.91 Å². The summed E-state index contributed by atoms with van der Waals surface area (Å²) >= 11 is 0. The molecule has 0 saturated carbocycles. The van der Waals surface area contributed by atoms with E-state index in [1.54, 1.807) is 0 Å². The van der Waals surface area contributed by atoms with Gasteiger partial charge >= 0.3 is 0 Å². The van der Waals surface area contributed by atoms with Crippen molar-refractivity contribution in [3.8, 4) is 0 Å². The summed E-state index contributed by atoms with van der Waals surface area (Å²) in [5, 5.41) is 0. The van der Waals surface area contributed by atoms with Crippen LogP contribution in [0, 0.1) is 0 Å². The van der Waals surface area contributed by atoms with Crippen molar-refractivity contribution in [2.24, 2.45) is 5.84 Å². The quantitative estimate of drug-likeness (QED) is 0.492. The molecule has 1 saturated heterocycles. The Bertz CT molecular complexity index is 468. The number of benzene rings is 1. The van der Waals surface area contributed by atoms with Crippen molar-refractivity contribution in [2.75, 3.05) is 0 Å². The summed E-state index contributed by atoms with van der Waals surface area (Å²) in [5.41, 5.74) is 4.15. The number of hydrazine groups is 1. The predicted octanol–water partition coefficient (Wildman–Crippen LogP) is 1.69. The molecule has 1 aliphatic rings. The number of rotatable bonds is 5. The molecular weight excluding hydrogens is 268 g/mol. The maximum atomic E-state index is 11.4. The Morgan fingerprint density at radius 1 is 1.29 bits per heavy atom. The van der Waals surface area contributed by atoms with E-state index in [9.17, 15) is 4.79 Å². The lowest BCUT2D eigenvalue weighted by atomic mass is 10.0. The van der Waals surface area contributed by atoms with Crippen molar-refractivity contribution in [1.29, 1.82) is 0 Å². The largest absolute Gasteiger partial charge is 0.375 e. The lowest BCUT2D eigenvalue weighted by Gasteiger charge is -2.32. The molecule has 2 atom stereocenters. The summed E-state index contributed by atoms with van der Waals surface area (Å²) in [6.07, 6.45) is 2.77. The first-order valence-corrected chi connectivity index (χ1v) is 7.41. The highest BCUT2D eigenvalue weighted by atomic mass is 16.5. The average Bonchev–Trinajstić information content (AvgIpc) is 2.45. The van der Waals surface area contributed by atoms with Crippen molar-refractivity contribution in [1.82, 2.24) is 5.43 Å². The minimum Gasteiger partial charge on any atom is -0.375 e. The van der Waals surface area contributed by atoms with Crippen LogP contribution in [-0.4, -0.2) is 24.2 Å². The van der Waals surface area contributed by atoms with Gasteiger partial charge < -0.3 is 9.47 Å². The maximum absolute atomic E-state index is 11.4. The van der Waals surface area contributed by atoms with Crippen LogP contribution in [-0.2, 0) is 27.3 Å². The van der Waals surface area contributed by atoms with Gasteiger partial charge in [0.25, 0.3) is 0 Å². The molecule has 116 valence electrons. The molecule has 5 heteroatoms. The normalized spacial score (nSPS) is 25.6. The molecular formula is C16H24N2O3. The van der Waals surface area contributed by atoms with Crippen molar-refractivity contribution in [3.63, 3.8) is 0 Å². The molecule has 0 spiro atoms. The number of ether oxygens (including phenoxy) is 2. The molecule has 5 nitrogen and oxygen atoms in total. The Morgan fingerprint density at radius 3 is 2.52 bits per heavy atom. The Morgan fingerprint density at radius 2 is 1.90 bits per heavy atom. The summed E-state index contributed by atoms with van der Waals surface area (Å²) in [6, 6.07) is 7.80. The molecule has 0 aromatic heterocycles. The Labute approximate surface area is 125 Å². The second-order valence-electron chi connectivity index (χ2n) is 5.67. The molecule has 1 amide bonds. The van der Waals surface area contributed by atoms with Crippen LogP contribution in [0.4, 0.5) is 0 Å². The third-order valence-electron chi connectivity index (χ3n) is 3.76. The number of hydrogen-bond donors (Lipinski definition) is 2. The second kappa shape index (κ2) is 7.54. The summed E-state index contributed by atoms with van der Waals surface area (Å²) in [4.78, 5) is 11.4. The van der Waals surface area contributed by atoms with Crippen LogP contribution < -0.4 is 11.3 Å². The SMILES string of the molecule is CC1CC(OCc2ccccc2CC(=O)NN)CC(C)O1. The van der Waals surface area contributed by atoms with Crippen molar-refractivity contribution in [3.05, 3.63) is 35.4 Å². The topological polar surface area (TPSA) is 73.6 Å². The minimum atomic E-state index is -0.198. The average molecular weight is 292 g/mol. The highest BCUT2D eigenvalue weighted by molar-refractivity contribution is 5.78. The predicted molar refractivity (Wildman–Crippen MR) is 80.3 cm³/mol. The molecule has 1 aromatic rings. The monoisotopic (exact) mass is 292 g/mol. The van der Waals surface area contributed by atoms with E-state index in [1.807, 2.05) is 24.3 Å². The van der Waals surface area contributed by atoms with E-state index in [2.05, 4.69) is 19.3 Å². The highest BCUT2D eigenvalue weighted by Crippen LogP contribution is 2.23. The van der Waals surface area contributed by atoms with Gasteiger partial charge in [0.15, 0.2) is 0 Å². The fourth-order valence-corrected chi connectivity index (χ4v) is 2.78. The molecule has 0 bridgehead atoms. The Balaban J connectivity index is 1.95. The van der Waals surface area contributed by atoms with Crippen LogP contribution in [0.3, 0.4) is 0 Å². The van der Waals surface area contributed by atoms with Gasteiger partial charge in [-0.1, -0.05) is 24.3 Å². The molecule has 1 aromatic carbocycles. The third-order valence-corrected chi connectivity index (χ3v) is 3.76. The van der Waals surface area contributed by atoms with E-state index < -0.39 is 0 Å². The van der Waals surface area contributed by atoms with Crippen LogP contribution in [0.1, 0.15) is 37.8 Å². The minimum absolute atomic E-state index is 0.198. The van der Waals surface area contributed by atoms with Gasteiger partial charge in [-0.15, -0.1) is 0 Å². The van der Waals surface area contributed by atoms with Gasteiger partial charge in [-0.2, -0.15) is 0 Å². The van der Waals surface area contributed by atoms with E-state index >= 15 is 0 Å². The number of carbonyl (C=O) groups is 1. The number of nitrogens with two attached hydrogens (primary N) is 1. The van der Waals surface area contributed by atoms with Crippen molar-refractivity contribution in [2.45, 2.75) is 58.0 Å². The number of carbonyl (C=O) groups excluding carboxylic acids is 1. The third kappa shape index (κ3) is 4.81. The molecule has 1 heterocycles. The molecule has 0 aliphatic carbocycles. The van der Waals surface area contributed by atoms with Crippen LogP contribution in [0.25, 0.3) is 0 Å². The van der Waals surface area contributed by atoms with E-state index in [0.29, 0.717) is 6.61 Å². The fraction of sp³-hybridized carbons (Fsp3) is 0.562. The summed E-state index contributed by atoms with van der Waals surface area (Å²) < 4.78 is 11.7. The van der Waals surface area contributed by atoms with Gasteiger partial charge in [-0.3, -0.25) is 10.2 Å². The number of amides is 1. The smallest absolute Gasteiger partial charge is 0.238 e. The Kier molecular flexibility index (Phi) is 5.73. The van der Waals surface area contributed by atoms with Gasteiger partial charge in [0.1, 0.15) is 0 Å². The van der Waals surface area contributed by atoms with Crippen LogP contribution >= 0.6 is 0 Å². The first kappa shape index (κ1) is 15.9. The lowest BCUT2D eigenvalue weighted by Crippen LogP contribution is -2.34. The van der Waals surface area contributed by atoms with E-state index in [0.717, 1.165) is 24.0 Å². The number of hydrogen-bond acceptors (Lipinski definition) is 4. The van der Waals surface area contributed by atoms with E-state index in [-0.39, 0.29) is 30.6 Å². The maximum Gasteiger partial charge on any atom is 0.238 e. The molecule has 1 fully saturated rings. The van der Waals surface area contributed by atoms with Crippen molar-refractivity contribution < 1.29 is 14.3 Å². The molecule has 2 unspecified atom stereocenters. The Hall–Kier alpha value is -1.43. The fourth-order valence-electron chi connectivity index (χ4n) is 2.78. The highest BCUT2D eigenvalue weighted by Gasteiger charge is 2.25.